The van der Waals surface area contributed by atoms with Crippen LogP contribution in [0, 0.1) is 12.8 Å². The van der Waals surface area contributed by atoms with E-state index < -0.39 is 6.04 Å². The zero-order valence-electron chi connectivity index (χ0n) is 13.4. The number of nitrogens with one attached hydrogen (secondary N) is 2. The predicted molar refractivity (Wildman–Crippen MR) is 90.4 cm³/mol. The van der Waals surface area contributed by atoms with Gasteiger partial charge in [0.05, 0.1) is 0 Å². The van der Waals surface area contributed by atoms with Crippen LogP contribution in [0.2, 0.25) is 0 Å². The van der Waals surface area contributed by atoms with E-state index in [0.717, 1.165) is 5.56 Å². The Kier molecular flexibility index (Phi) is 5.81. The molecular weight excluding hydrogens is 312 g/mol. The SMILES string of the molecule is Cc1ccccc1C(=O)NC(CC(C)C)C(=O)Nc1nncs1. The van der Waals surface area contributed by atoms with Crippen LogP contribution in [0.25, 0.3) is 0 Å². The summed E-state index contributed by atoms with van der Waals surface area (Å²) in [5.74, 6) is -0.268. The minimum atomic E-state index is -0.619. The molecule has 0 fully saturated rings. The van der Waals surface area contributed by atoms with Crippen LogP contribution >= 0.6 is 11.3 Å². The van der Waals surface area contributed by atoms with E-state index in [-0.39, 0.29) is 17.7 Å². The number of aryl methyl sites for hydroxylation is 1. The van der Waals surface area contributed by atoms with Crippen LogP contribution in [-0.2, 0) is 4.79 Å². The van der Waals surface area contributed by atoms with Crippen molar-refractivity contribution in [1.29, 1.82) is 0 Å². The molecule has 1 heterocycles. The molecule has 0 aliphatic heterocycles. The lowest BCUT2D eigenvalue weighted by molar-refractivity contribution is -0.118. The molecule has 0 radical (unpaired) electrons. The molecule has 0 bridgehead atoms. The number of amides is 2. The fraction of sp³-hybridized carbons (Fsp3) is 0.375. The third-order valence-corrected chi connectivity index (χ3v) is 3.92. The van der Waals surface area contributed by atoms with Gasteiger partial charge in [0.15, 0.2) is 0 Å². The second kappa shape index (κ2) is 7.82. The number of carbonyl (C=O) groups excluding carboxylic acids is 2. The average molecular weight is 332 g/mol. The first-order valence-electron chi connectivity index (χ1n) is 7.41. The van der Waals surface area contributed by atoms with Crippen molar-refractivity contribution >= 4 is 28.3 Å². The number of benzene rings is 1. The average Bonchev–Trinajstić information content (AvgIpc) is 2.99. The minimum Gasteiger partial charge on any atom is -0.340 e. The molecular formula is C16H20N4O2S. The van der Waals surface area contributed by atoms with Crippen LogP contribution in [0.4, 0.5) is 5.13 Å². The summed E-state index contributed by atoms with van der Waals surface area (Å²) in [4.78, 5) is 24.9. The number of rotatable bonds is 6. The van der Waals surface area contributed by atoms with Gasteiger partial charge in [0, 0.05) is 5.56 Å². The van der Waals surface area contributed by atoms with E-state index in [0.29, 0.717) is 17.1 Å². The van der Waals surface area contributed by atoms with Crippen molar-refractivity contribution in [1.82, 2.24) is 15.5 Å². The number of carbonyl (C=O) groups is 2. The maximum Gasteiger partial charge on any atom is 0.252 e. The molecule has 1 unspecified atom stereocenters. The third kappa shape index (κ3) is 4.85. The number of anilines is 1. The van der Waals surface area contributed by atoms with E-state index in [2.05, 4.69) is 20.8 Å². The maximum atomic E-state index is 12.4. The van der Waals surface area contributed by atoms with E-state index >= 15 is 0 Å². The molecule has 2 amide bonds. The lowest BCUT2D eigenvalue weighted by Crippen LogP contribution is -2.44. The monoisotopic (exact) mass is 332 g/mol. The number of hydrogen-bond acceptors (Lipinski definition) is 5. The van der Waals surface area contributed by atoms with E-state index in [1.54, 1.807) is 17.6 Å². The summed E-state index contributed by atoms with van der Waals surface area (Å²) in [6.07, 6.45) is 0.544. The molecule has 0 saturated heterocycles. The summed E-state index contributed by atoms with van der Waals surface area (Å²) in [6, 6.07) is 6.68. The van der Waals surface area contributed by atoms with Gasteiger partial charge in [-0.05, 0) is 30.9 Å². The Hall–Kier alpha value is -2.28. The van der Waals surface area contributed by atoms with E-state index in [9.17, 15) is 9.59 Å². The number of hydrogen-bond donors (Lipinski definition) is 2. The summed E-state index contributed by atoms with van der Waals surface area (Å²) < 4.78 is 0. The third-order valence-electron chi connectivity index (χ3n) is 3.31. The zero-order chi connectivity index (χ0) is 16.8. The topological polar surface area (TPSA) is 84.0 Å². The van der Waals surface area contributed by atoms with Crippen molar-refractivity contribution in [3.05, 3.63) is 40.9 Å². The van der Waals surface area contributed by atoms with Crippen molar-refractivity contribution in [2.24, 2.45) is 5.92 Å². The molecule has 122 valence electrons. The van der Waals surface area contributed by atoms with Gasteiger partial charge in [0.1, 0.15) is 11.6 Å². The molecule has 0 aliphatic rings. The standard InChI is InChI=1S/C16H20N4O2S/c1-10(2)8-13(15(22)19-16-20-17-9-23-16)18-14(21)12-7-5-4-6-11(12)3/h4-7,9-10,13H,8H2,1-3H3,(H,18,21)(H,19,20,22). The van der Waals surface area contributed by atoms with Gasteiger partial charge in [-0.1, -0.05) is 43.4 Å². The summed E-state index contributed by atoms with van der Waals surface area (Å²) in [7, 11) is 0. The van der Waals surface area contributed by atoms with Crippen molar-refractivity contribution < 1.29 is 9.59 Å². The van der Waals surface area contributed by atoms with Crippen molar-refractivity contribution in [3.63, 3.8) is 0 Å². The summed E-state index contributed by atoms with van der Waals surface area (Å²) >= 11 is 1.24. The highest BCUT2D eigenvalue weighted by Gasteiger charge is 2.23. The van der Waals surface area contributed by atoms with Crippen molar-refractivity contribution in [2.45, 2.75) is 33.2 Å². The first-order valence-corrected chi connectivity index (χ1v) is 8.29. The molecule has 6 nitrogen and oxygen atoms in total. The molecule has 2 N–H and O–H groups in total. The molecule has 23 heavy (non-hydrogen) atoms. The molecule has 0 aliphatic carbocycles. The fourth-order valence-corrected chi connectivity index (χ4v) is 2.63. The Labute approximate surface area is 139 Å². The van der Waals surface area contributed by atoms with Crippen LogP contribution < -0.4 is 10.6 Å². The molecule has 7 heteroatoms. The van der Waals surface area contributed by atoms with Crippen LogP contribution in [0.5, 0.6) is 0 Å². The first kappa shape index (κ1) is 17.1. The molecule has 1 atom stereocenters. The molecule has 0 saturated carbocycles. The molecule has 1 aromatic carbocycles. The summed E-state index contributed by atoms with van der Waals surface area (Å²) in [5, 5.41) is 13.4. The van der Waals surface area contributed by atoms with Crippen molar-refractivity contribution in [2.75, 3.05) is 5.32 Å². The Morgan fingerprint density at radius 1 is 1.26 bits per heavy atom. The molecule has 2 rings (SSSR count). The van der Waals surface area contributed by atoms with E-state index in [1.165, 1.54) is 11.3 Å². The maximum absolute atomic E-state index is 12.4. The van der Waals surface area contributed by atoms with Gasteiger partial charge in [-0.25, -0.2) is 0 Å². The highest BCUT2D eigenvalue weighted by Crippen LogP contribution is 2.13. The highest BCUT2D eigenvalue weighted by molar-refractivity contribution is 7.13. The fourth-order valence-electron chi connectivity index (χ4n) is 2.19. The van der Waals surface area contributed by atoms with Gasteiger partial charge in [-0.2, -0.15) is 0 Å². The largest absolute Gasteiger partial charge is 0.340 e. The number of aromatic nitrogens is 2. The minimum absolute atomic E-state index is 0.249. The summed E-state index contributed by atoms with van der Waals surface area (Å²) in [5.41, 5.74) is 2.99. The molecule has 2 aromatic rings. The Balaban J connectivity index is 2.10. The van der Waals surface area contributed by atoms with E-state index in [1.807, 2.05) is 32.9 Å². The van der Waals surface area contributed by atoms with Gasteiger partial charge >= 0.3 is 0 Å². The van der Waals surface area contributed by atoms with Crippen LogP contribution in [0.3, 0.4) is 0 Å². The van der Waals surface area contributed by atoms with Crippen LogP contribution in [0.15, 0.2) is 29.8 Å². The van der Waals surface area contributed by atoms with Gasteiger partial charge in [0.25, 0.3) is 5.91 Å². The van der Waals surface area contributed by atoms with Crippen LogP contribution in [0.1, 0.15) is 36.2 Å². The lowest BCUT2D eigenvalue weighted by atomic mass is 10.0. The first-order chi connectivity index (χ1) is 11.0. The zero-order valence-corrected chi connectivity index (χ0v) is 14.2. The van der Waals surface area contributed by atoms with Crippen molar-refractivity contribution in [3.8, 4) is 0 Å². The van der Waals surface area contributed by atoms with Gasteiger partial charge < -0.3 is 5.32 Å². The number of nitrogens with zero attached hydrogens (tertiary/aromatic N) is 2. The molecule has 1 aromatic heterocycles. The van der Waals surface area contributed by atoms with E-state index in [4.69, 9.17) is 0 Å². The van der Waals surface area contributed by atoms with Gasteiger partial charge in [-0.15, -0.1) is 10.2 Å². The Morgan fingerprint density at radius 2 is 2.00 bits per heavy atom. The lowest BCUT2D eigenvalue weighted by Gasteiger charge is -2.20. The highest BCUT2D eigenvalue weighted by atomic mass is 32.1. The summed E-state index contributed by atoms with van der Waals surface area (Å²) in [6.45, 7) is 5.88. The smallest absolute Gasteiger partial charge is 0.252 e. The van der Waals surface area contributed by atoms with Crippen LogP contribution in [-0.4, -0.2) is 28.1 Å². The Morgan fingerprint density at radius 3 is 2.61 bits per heavy atom. The normalized spacial score (nSPS) is 12.0. The predicted octanol–water partition coefficient (Wildman–Crippen LogP) is 2.63. The quantitative estimate of drug-likeness (QED) is 0.852. The van der Waals surface area contributed by atoms with Gasteiger partial charge in [-0.3, -0.25) is 14.9 Å². The van der Waals surface area contributed by atoms with Gasteiger partial charge in [0.2, 0.25) is 11.0 Å². The Bertz CT molecular complexity index is 670. The second-order valence-corrected chi connectivity index (χ2v) is 6.54. The second-order valence-electron chi connectivity index (χ2n) is 5.70. The molecule has 0 spiro atoms.